The van der Waals surface area contributed by atoms with Crippen LogP contribution in [0.2, 0.25) is 0 Å². The molecule has 0 fully saturated rings. The molecule has 14 heavy (non-hydrogen) atoms. The predicted octanol–water partition coefficient (Wildman–Crippen LogP) is 1.14. The van der Waals surface area contributed by atoms with Gasteiger partial charge in [0.2, 0.25) is 0 Å². The van der Waals surface area contributed by atoms with Gasteiger partial charge in [0.05, 0.1) is 17.6 Å². The lowest BCUT2D eigenvalue weighted by Crippen LogP contribution is -1.95. The molecule has 5 heteroatoms. The molecule has 0 radical (unpaired) electrons. The lowest BCUT2D eigenvalue weighted by Gasteiger charge is -2.02. The van der Waals surface area contributed by atoms with E-state index in [-0.39, 0.29) is 0 Å². The molecule has 2 rings (SSSR count). The number of hydrogen-bond donors (Lipinski definition) is 2. The molecule has 2 heterocycles. The Kier molecular flexibility index (Phi) is 2.06. The van der Waals surface area contributed by atoms with Crippen molar-refractivity contribution in [2.45, 2.75) is 0 Å². The van der Waals surface area contributed by atoms with E-state index in [4.69, 9.17) is 5.73 Å². The first-order chi connectivity index (χ1) is 6.74. The fourth-order valence-electron chi connectivity index (χ4n) is 1.16. The zero-order valence-electron chi connectivity index (χ0n) is 7.81. The molecule has 0 atom stereocenters. The summed E-state index contributed by atoms with van der Waals surface area (Å²) in [6.07, 6.45) is 5.16. The fraction of sp³-hybridized carbons (Fsp3) is 0.111. The van der Waals surface area contributed by atoms with E-state index < -0.39 is 0 Å². The average Bonchev–Trinajstić information content (AvgIpc) is 2.51. The number of nitrogens with zero attached hydrogens (tertiary/aromatic N) is 3. The van der Waals surface area contributed by atoms with E-state index in [1.807, 2.05) is 25.4 Å². The summed E-state index contributed by atoms with van der Waals surface area (Å²) in [7, 11) is 1.86. The molecule has 0 unspecified atom stereocenters. The van der Waals surface area contributed by atoms with Crippen molar-refractivity contribution < 1.29 is 0 Å². The lowest BCUT2D eigenvalue weighted by atomic mass is 10.4. The van der Waals surface area contributed by atoms with Crippen molar-refractivity contribution in [1.82, 2.24) is 14.8 Å². The highest BCUT2D eigenvalue weighted by Crippen LogP contribution is 2.14. The molecule has 0 aliphatic carbocycles. The topological polar surface area (TPSA) is 68.8 Å². The van der Waals surface area contributed by atoms with Crippen molar-refractivity contribution in [3.63, 3.8) is 0 Å². The molecule has 0 aromatic carbocycles. The standard InChI is InChI=1S/C9H11N5/c1-14-3-2-9(13-14)12-8-4-7(10)5-11-6-8/h2-6H,10H2,1H3,(H,12,13). The van der Waals surface area contributed by atoms with Gasteiger partial charge in [-0.15, -0.1) is 0 Å². The first-order valence-electron chi connectivity index (χ1n) is 4.21. The summed E-state index contributed by atoms with van der Waals surface area (Å²) in [4.78, 5) is 3.97. The molecule has 3 N–H and O–H groups in total. The van der Waals surface area contributed by atoms with Gasteiger partial charge in [-0.25, -0.2) is 0 Å². The predicted molar refractivity (Wildman–Crippen MR) is 55.1 cm³/mol. The van der Waals surface area contributed by atoms with Crippen LogP contribution in [0.4, 0.5) is 17.2 Å². The molecule has 0 saturated heterocycles. The second-order valence-electron chi connectivity index (χ2n) is 3.01. The molecule has 0 aliphatic heterocycles. The van der Waals surface area contributed by atoms with Gasteiger partial charge in [-0.05, 0) is 6.07 Å². The van der Waals surface area contributed by atoms with Gasteiger partial charge in [-0.2, -0.15) is 5.10 Å². The summed E-state index contributed by atoms with van der Waals surface area (Å²) in [6.45, 7) is 0. The molecule has 0 aliphatic rings. The van der Waals surface area contributed by atoms with E-state index in [1.165, 1.54) is 0 Å². The van der Waals surface area contributed by atoms with Crippen LogP contribution >= 0.6 is 0 Å². The van der Waals surface area contributed by atoms with E-state index >= 15 is 0 Å². The van der Waals surface area contributed by atoms with E-state index in [1.54, 1.807) is 17.1 Å². The van der Waals surface area contributed by atoms with Crippen LogP contribution in [0.5, 0.6) is 0 Å². The Hall–Kier alpha value is -2.04. The van der Waals surface area contributed by atoms with Crippen LogP contribution in [0, 0.1) is 0 Å². The Morgan fingerprint density at radius 1 is 1.43 bits per heavy atom. The smallest absolute Gasteiger partial charge is 0.152 e. The zero-order valence-corrected chi connectivity index (χ0v) is 7.81. The van der Waals surface area contributed by atoms with Crippen LogP contribution in [0.1, 0.15) is 0 Å². The first kappa shape index (κ1) is 8.55. The van der Waals surface area contributed by atoms with Crippen molar-refractivity contribution in [2.24, 2.45) is 7.05 Å². The molecular weight excluding hydrogens is 178 g/mol. The minimum Gasteiger partial charge on any atom is -0.397 e. The largest absolute Gasteiger partial charge is 0.397 e. The quantitative estimate of drug-likeness (QED) is 0.743. The summed E-state index contributed by atoms with van der Waals surface area (Å²) in [6, 6.07) is 3.69. The van der Waals surface area contributed by atoms with Crippen molar-refractivity contribution in [3.8, 4) is 0 Å². The van der Waals surface area contributed by atoms with Crippen LogP contribution in [0.25, 0.3) is 0 Å². The van der Waals surface area contributed by atoms with Crippen LogP contribution in [-0.4, -0.2) is 14.8 Å². The molecule has 5 nitrogen and oxygen atoms in total. The van der Waals surface area contributed by atoms with E-state index in [9.17, 15) is 0 Å². The van der Waals surface area contributed by atoms with Gasteiger partial charge in [0, 0.05) is 25.5 Å². The van der Waals surface area contributed by atoms with Crippen LogP contribution in [0.15, 0.2) is 30.7 Å². The number of pyridine rings is 1. The van der Waals surface area contributed by atoms with Crippen molar-refractivity contribution >= 4 is 17.2 Å². The van der Waals surface area contributed by atoms with Crippen molar-refractivity contribution in [3.05, 3.63) is 30.7 Å². The van der Waals surface area contributed by atoms with Gasteiger partial charge < -0.3 is 11.1 Å². The number of anilines is 3. The maximum absolute atomic E-state index is 5.59. The van der Waals surface area contributed by atoms with E-state index in [2.05, 4.69) is 15.4 Å². The third-order valence-corrected chi connectivity index (χ3v) is 1.75. The maximum atomic E-state index is 5.59. The first-order valence-corrected chi connectivity index (χ1v) is 4.21. The molecule has 2 aromatic rings. The molecule has 0 amide bonds. The number of aryl methyl sites for hydroxylation is 1. The highest BCUT2D eigenvalue weighted by atomic mass is 15.3. The second kappa shape index (κ2) is 3.37. The number of hydrogen-bond acceptors (Lipinski definition) is 4. The fourth-order valence-corrected chi connectivity index (χ4v) is 1.16. The number of nitrogens with two attached hydrogens (primary N) is 1. The minimum absolute atomic E-state index is 0.630. The summed E-state index contributed by atoms with van der Waals surface area (Å²) < 4.78 is 1.72. The highest BCUT2D eigenvalue weighted by Gasteiger charge is 1.97. The third-order valence-electron chi connectivity index (χ3n) is 1.75. The summed E-state index contributed by atoms with van der Waals surface area (Å²) in [5.41, 5.74) is 7.06. The Bertz CT molecular complexity index is 434. The molecule has 2 aromatic heterocycles. The third kappa shape index (κ3) is 1.82. The van der Waals surface area contributed by atoms with Gasteiger partial charge in [-0.1, -0.05) is 0 Å². The number of aromatic nitrogens is 3. The van der Waals surface area contributed by atoms with Gasteiger partial charge in [0.25, 0.3) is 0 Å². The molecule has 0 saturated carbocycles. The summed E-state index contributed by atoms with van der Waals surface area (Å²) in [5.74, 6) is 0.778. The second-order valence-corrected chi connectivity index (χ2v) is 3.01. The lowest BCUT2D eigenvalue weighted by molar-refractivity contribution is 0.771. The Balaban J connectivity index is 2.18. The molecule has 72 valence electrons. The zero-order chi connectivity index (χ0) is 9.97. The Morgan fingerprint density at radius 2 is 2.29 bits per heavy atom. The Morgan fingerprint density at radius 3 is 2.93 bits per heavy atom. The van der Waals surface area contributed by atoms with E-state index in [0.29, 0.717) is 5.69 Å². The monoisotopic (exact) mass is 189 g/mol. The highest BCUT2D eigenvalue weighted by molar-refractivity contribution is 5.58. The molecular formula is C9H11N5. The van der Waals surface area contributed by atoms with Gasteiger partial charge in [0.1, 0.15) is 0 Å². The van der Waals surface area contributed by atoms with Crippen LogP contribution in [0.3, 0.4) is 0 Å². The minimum atomic E-state index is 0.630. The van der Waals surface area contributed by atoms with Gasteiger partial charge in [-0.3, -0.25) is 9.67 Å². The molecule has 0 spiro atoms. The SMILES string of the molecule is Cn1ccc(Nc2cncc(N)c2)n1. The molecule has 0 bridgehead atoms. The number of rotatable bonds is 2. The Labute approximate surface area is 81.6 Å². The summed E-state index contributed by atoms with van der Waals surface area (Å²) in [5, 5.41) is 7.26. The van der Waals surface area contributed by atoms with E-state index in [0.717, 1.165) is 11.5 Å². The average molecular weight is 189 g/mol. The van der Waals surface area contributed by atoms with Gasteiger partial charge in [0.15, 0.2) is 5.82 Å². The van der Waals surface area contributed by atoms with Crippen molar-refractivity contribution in [1.29, 1.82) is 0 Å². The van der Waals surface area contributed by atoms with Crippen molar-refractivity contribution in [2.75, 3.05) is 11.1 Å². The van der Waals surface area contributed by atoms with Crippen LogP contribution < -0.4 is 11.1 Å². The normalized spacial score (nSPS) is 10.1. The number of nitrogens with one attached hydrogen (secondary N) is 1. The van der Waals surface area contributed by atoms with Gasteiger partial charge >= 0.3 is 0 Å². The maximum Gasteiger partial charge on any atom is 0.152 e. The van der Waals surface area contributed by atoms with Crippen LogP contribution in [-0.2, 0) is 7.05 Å². The summed E-state index contributed by atoms with van der Waals surface area (Å²) >= 11 is 0. The number of nitrogen functional groups attached to an aromatic ring is 1.